The van der Waals surface area contributed by atoms with E-state index in [0.29, 0.717) is 145 Å². The number of carboxylic acids is 5. The Hall–Kier alpha value is -16.4. The molecule has 0 amide bonds. The Bertz CT molecular complexity index is 7130. The fraction of sp³-hybridized carbons (Fsp3) is 0.157. The lowest BCUT2D eigenvalue weighted by molar-refractivity contribution is 0.0680. The largest absolute Gasteiger partial charge is 0.506 e. The molecule has 0 saturated heterocycles. The second-order valence-electron chi connectivity index (χ2n) is 27.7. The maximum Gasteiger partial charge on any atom is 0.345 e. The summed E-state index contributed by atoms with van der Waals surface area (Å²) < 4.78 is 17.2. The Morgan fingerprint density at radius 3 is 0.992 bits per heavy atom. The fourth-order valence-electron chi connectivity index (χ4n) is 13.6. The van der Waals surface area contributed by atoms with Gasteiger partial charge in [0.1, 0.15) is 44.9 Å². The van der Waals surface area contributed by atoms with E-state index in [2.05, 4.69) is 49.8 Å². The zero-order chi connectivity index (χ0) is 87.8. The SMILES string of the molecule is CCc1c(-c2ccc3nc(-c4ccccc4)oc3c2)[nH]c(=O)c(C(=O)O)c1O.CCc1c(-c2ccc3nc(N(C)C)oc3c2)[nH]c(=O)c(C(=O)O)c1O.CCc1c(-c2ccc3ncccc3c2)[nH]c(=O)c(C(=O)O)c1O.CCc1cc(C(=O)O)c(=O)[nH]c1-c1ccc2nc(N(C)C)oc2c1.CCc1cc(C(=O)O)c(=O)[nH]c1-c1ccc2ncccc2c1. The Balaban J connectivity index is 0.000000140. The monoisotopic (exact) mass is 1650 g/mol. The third-order valence-electron chi connectivity index (χ3n) is 19.6. The second kappa shape index (κ2) is 36.0. The molecule has 0 unspecified atom stereocenters. The molecule has 0 atom stereocenters. The molecule has 0 fully saturated rings. The maximum absolute atomic E-state index is 12.2. The van der Waals surface area contributed by atoms with E-state index in [1.54, 1.807) is 112 Å². The molecule has 10 heterocycles. The third kappa shape index (κ3) is 17.7. The number of carbonyl (C=O) groups is 5. The van der Waals surface area contributed by atoms with Crippen LogP contribution in [-0.2, 0) is 32.1 Å². The summed E-state index contributed by atoms with van der Waals surface area (Å²) in [6.07, 6.45) is 5.68. The first-order chi connectivity index (χ1) is 58.3. The molecule has 0 aliphatic carbocycles. The van der Waals surface area contributed by atoms with Crippen LogP contribution in [0.25, 0.3) is 123 Å². The topological polar surface area (TPSA) is 522 Å². The minimum atomic E-state index is -1.47. The van der Waals surface area contributed by atoms with Gasteiger partial charge in [-0.15, -0.1) is 0 Å². The van der Waals surface area contributed by atoms with Crippen LogP contribution in [0.5, 0.6) is 17.2 Å². The number of aromatic carboxylic acids is 5. The minimum Gasteiger partial charge on any atom is -0.506 e. The number of anilines is 2. The van der Waals surface area contributed by atoms with Gasteiger partial charge in [0.05, 0.1) is 39.5 Å². The van der Waals surface area contributed by atoms with Gasteiger partial charge >= 0.3 is 29.8 Å². The van der Waals surface area contributed by atoms with E-state index in [1.807, 2.05) is 119 Å². The van der Waals surface area contributed by atoms with E-state index in [1.165, 1.54) is 12.1 Å². The van der Waals surface area contributed by atoms with E-state index < -0.39 is 91.6 Å². The van der Waals surface area contributed by atoms with E-state index in [4.69, 9.17) is 33.7 Å². The Kier molecular flexibility index (Phi) is 25.1. The number of hydrogen-bond donors (Lipinski definition) is 13. The Morgan fingerprint density at radius 1 is 0.336 bits per heavy atom. The van der Waals surface area contributed by atoms with Gasteiger partial charge in [-0.05, 0) is 151 Å². The summed E-state index contributed by atoms with van der Waals surface area (Å²) in [5.41, 5.74) is 8.44. The van der Waals surface area contributed by atoms with Crippen molar-refractivity contribution in [2.75, 3.05) is 38.0 Å². The van der Waals surface area contributed by atoms with Gasteiger partial charge in [-0.1, -0.05) is 95.3 Å². The maximum atomic E-state index is 12.2. The van der Waals surface area contributed by atoms with Gasteiger partial charge in [-0.2, -0.15) is 9.97 Å². The van der Waals surface area contributed by atoms with Gasteiger partial charge in [0, 0.05) is 90.3 Å². The number of benzene rings is 6. The molecule has 122 heavy (non-hydrogen) atoms. The number of aromatic amines is 5. The molecule has 33 heteroatoms. The van der Waals surface area contributed by atoms with Crippen LogP contribution in [0.2, 0.25) is 0 Å². The lowest BCUT2D eigenvalue weighted by atomic mass is 9.99. The van der Waals surface area contributed by atoms with Crippen LogP contribution in [0, 0.1) is 0 Å². The van der Waals surface area contributed by atoms with E-state index >= 15 is 0 Å². The number of fused-ring (bicyclic) bond motifs is 5. The number of nitrogens with zero attached hydrogens (tertiary/aromatic N) is 7. The number of aryl methyl sites for hydroxylation is 2. The summed E-state index contributed by atoms with van der Waals surface area (Å²) in [5, 5.41) is 78.1. The first-order valence-corrected chi connectivity index (χ1v) is 37.8. The zero-order valence-corrected chi connectivity index (χ0v) is 66.7. The molecule has 0 radical (unpaired) electrons. The average Bonchev–Trinajstić information content (AvgIpc) is 1.55. The predicted molar refractivity (Wildman–Crippen MR) is 457 cm³/mol. The number of aromatic nitrogens is 10. The molecule has 0 spiro atoms. The van der Waals surface area contributed by atoms with Crippen LogP contribution in [0.15, 0.2) is 207 Å². The summed E-state index contributed by atoms with van der Waals surface area (Å²) in [6, 6.07) is 47.7. The number of aromatic hydroxyl groups is 3. The summed E-state index contributed by atoms with van der Waals surface area (Å²) in [4.78, 5) is 154. The van der Waals surface area contributed by atoms with Crippen molar-refractivity contribution in [1.82, 2.24) is 49.8 Å². The zero-order valence-electron chi connectivity index (χ0n) is 66.7. The van der Waals surface area contributed by atoms with Gasteiger partial charge in [0.2, 0.25) is 5.89 Å². The van der Waals surface area contributed by atoms with Crippen molar-refractivity contribution >= 4 is 97.0 Å². The van der Waals surface area contributed by atoms with Crippen LogP contribution in [0.3, 0.4) is 0 Å². The minimum absolute atomic E-state index is 0.233. The highest BCUT2D eigenvalue weighted by Crippen LogP contribution is 2.37. The molecule has 33 nitrogen and oxygen atoms in total. The number of pyridine rings is 7. The van der Waals surface area contributed by atoms with Crippen LogP contribution in [0.1, 0.15) is 114 Å². The lowest BCUT2D eigenvalue weighted by Crippen LogP contribution is -2.20. The summed E-state index contributed by atoms with van der Waals surface area (Å²) in [7, 11) is 7.29. The summed E-state index contributed by atoms with van der Waals surface area (Å²) >= 11 is 0. The van der Waals surface area contributed by atoms with Crippen molar-refractivity contribution < 1.29 is 78.1 Å². The number of H-pyrrole nitrogens is 5. The molecule has 0 aliphatic heterocycles. The standard InChI is InChI=1S/C21H16N2O5.C17H17N3O5.C17H17N3O4.C17H14N2O4.C17H14N2O3/c1-2-13-17(23-19(25)16(18(13)24)21(26)27)12-8-9-14-15(10-12)28-20(22-14)11-6-4-3-5-7-11;1-4-9-13(19-15(22)12(14(9)21)16(23)24)8-5-6-10-11(7-8)25-17(18-10)20(2)3;1-4-9-7-11(16(22)23)15(21)19-14(9)10-5-6-12-13(8-10)24-17(18-12)20(2)3;1-2-11-14(19-16(21)13(15(11)20)17(22)23)10-5-6-12-9(8-10)4-3-7-18-12;1-2-10-9-13(17(21)22)16(20)19-15(10)12-5-6-14-11(8-12)4-3-7-18-14/h3-10H,2H2,1H3,(H,26,27)(H2,23,24,25);5-7H,4H2,1-3H3,(H,23,24)(H2,19,21,22);5-8H,4H2,1-3H3,(H,19,21)(H,22,23);3-8H,2H2,1H3,(H,22,23)(H2,19,20,21);3-9H,2H2,1H3,(H,19,20)(H,21,22). The second-order valence-corrected chi connectivity index (χ2v) is 27.7. The summed E-state index contributed by atoms with van der Waals surface area (Å²) in [6.45, 7) is 9.14. The van der Waals surface area contributed by atoms with E-state index in [-0.39, 0.29) is 11.1 Å². The van der Waals surface area contributed by atoms with Crippen molar-refractivity contribution in [2.24, 2.45) is 0 Å². The molecule has 16 rings (SSSR count). The number of rotatable bonds is 18. The van der Waals surface area contributed by atoms with Gasteiger partial charge in [-0.25, -0.2) is 29.0 Å². The first-order valence-electron chi connectivity index (χ1n) is 37.8. The van der Waals surface area contributed by atoms with E-state index in [0.717, 1.165) is 49.6 Å². The van der Waals surface area contributed by atoms with Crippen LogP contribution in [-0.4, -0.2) is 149 Å². The molecule has 620 valence electrons. The van der Waals surface area contributed by atoms with Gasteiger partial charge in [0.25, 0.3) is 39.8 Å². The van der Waals surface area contributed by atoms with E-state index in [9.17, 15) is 68.4 Å². The molecule has 0 saturated carbocycles. The lowest BCUT2D eigenvalue weighted by Gasteiger charge is -2.12. The number of oxazole rings is 3. The van der Waals surface area contributed by atoms with Crippen molar-refractivity contribution in [3.05, 3.63) is 278 Å². The Morgan fingerprint density at radius 2 is 0.656 bits per heavy atom. The quantitative estimate of drug-likeness (QED) is 0.0379. The van der Waals surface area contributed by atoms with Gasteiger partial charge in [0.15, 0.2) is 33.4 Å². The average molecular weight is 1650 g/mol. The third-order valence-corrected chi connectivity index (χ3v) is 19.6. The van der Waals surface area contributed by atoms with Crippen LogP contribution >= 0.6 is 0 Å². The molecule has 16 aromatic rings. The molecule has 6 aromatic carbocycles. The fourth-order valence-corrected chi connectivity index (χ4v) is 13.6. The number of hydrogen-bond acceptors (Lipinski definition) is 23. The molecule has 0 bridgehead atoms. The molecular formula is C89H78N12O21. The highest BCUT2D eigenvalue weighted by molar-refractivity contribution is 5.96. The van der Waals surface area contributed by atoms with Crippen LogP contribution in [0.4, 0.5) is 12.0 Å². The smallest absolute Gasteiger partial charge is 0.345 e. The molecule has 13 N–H and O–H groups in total. The Labute approximate surface area is 688 Å². The van der Waals surface area contributed by atoms with Crippen molar-refractivity contribution in [3.8, 4) is 85.0 Å². The van der Waals surface area contributed by atoms with Crippen molar-refractivity contribution in [3.63, 3.8) is 0 Å². The highest BCUT2D eigenvalue weighted by atomic mass is 16.4. The highest BCUT2D eigenvalue weighted by Gasteiger charge is 2.27. The predicted octanol–water partition coefficient (Wildman–Crippen LogP) is 13.9. The molecule has 0 aliphatic rings. The number of carboxylic acid groups (broad SMARTS) is 5. The van der Waals surface area contributed by atoms with Gasteiger partial charge < -0.3 is 88.8 Å². The normalized spacial score (nSPS) is 10.9. The van der Waals surface area contributed by atoms with Crippen LogP contribution < -0.4 is 37.6 Å². The molecular weight excluding hydrogens is 1570 g/mol. The van der Waals surface area contributed by atoms with Gasteiger partial charge in [-0.3, -0.25) is 33.9 Å². The summed E-state index contributed by atoms with van der Waals surface area (Å²) in [5.74, 6) is -7.89. The number of nitrogens with one attached hydrogen (secondary N) is 5. The van der Waals surface area contributed by atoms with Crippen molar-refractivity contribution in [2.45, 2.75) is 66.7 Å². The first kappa shape index (κ1) is 85.0. The molecule has 10 aromatic heterocycles. The van der Waals surface area contributed by atoms with Crippen molar-refractivity contribution in [1.29, 1.82) is 0 Å².